The van der Waals surface area contributed by atoms with E-state index in [1.54, 1.807) is 0 Å². The van der Waals surface area contributed by atoms with E-state index in [1.807, 2.05) is 0 Å². The number of aromatic carboxylic acids is 1. The molecule has 0 aromatic heterocycles. The van der Waals surface area contributed by atoms with Crippen LogP contribution in [0.15, 0.2) is 24.3 Å². The number of carbonyl (C=O) groups is 2. The summed E-state index contributed by atoms with van der Waals surface area (Å²) in [4.78, 5) is 39.3. The number of nitrogens with zero attached hydrogens (tertiary/aromatic N) is 2. The van der Waals surface area contributed by atoms with Gasteiger partial charge in [-0.2, -0.15) is 8.78 Å². The molecule has 0 aliphatic rings. The van der Waals surface area contributed by atoms with Crippen LogP contribution in [0.25, 0.3) is 0 Å². The van der Waals surface area contributed by atoms with Gasteiger partial charge in [0.15, 0.2) is 0 Å². The van der Waals surface area contributed by atoms with Crippen LogP contribution in [0.3, 0.4) is 0 Å². The van der Waals surface area contributed by atoms with Crippen molar-refractivity contribution in [2.45, 2.75) is 0 Å². The van der Waals surface area contributed by atoms with E-state index < -0.39 is 67.6 Å². The topological polar surface area (TPSA) is 189 Å². The van der Waals surface area contributed by atoms with E-state index in [9.17, 15) is 52.5 Å². The van der Waals surface area contributed by atoms with Crippen LogP contribution >= 0.6 is 0 Å². The quantitative estimate of drug-likeness (QED) is 0.326. The molecule has 0 saturated carbocycles. The third kappa shape index (κ3) is 5.93. The van der Waals surface area contributed by atoms with Crippen LogP contribution in [-0.2, 0) is 4.74 Å². The minimum Gasteiger partial charge on any atom is -0.545 e. The Labute approximate surface area is 163 Å². The number of nitro benzene ring substituents is 2. The van der Waals surface area contributed by atoms with E-state index >= 15 is 0 Å². The van der Waals surface area contributed by atoms with Gasteiger partial charge in [0.1, 0.15) is 17.2 Å². The number of benzene rings is 2. The highest BCUT2D eigenvalue weighted by Crippen LogP contribution is 2.22. The van der Waals surface area contributed by atoms with Gasteiger partial charge in [-0.25, -0.2) is 13.6 Å². The van der Waals surface area contributed by atoms with Crippen LogP contribution < -0.4 is 11.3 Å². The summed E-state index contributed by atoms with van der Waals surface area (Å²) in [5.41, 5.74) is -3.80. The molecule has 15 heteroatoms. The van der Waals surface area contributed by atoms with E-state index in [2.05, 4.69) is 4.74 Å². The van der Waals surface area contributed by atoms with Gasteiger partial charge in [-0.05, 0) is 0 Å². The van der Waals surface area contributed by atoms with Crippen molar-refractivity contribution in [1.29, 1.82) is 0 Å². The molecule has 0 heterocycles. The van der Waals surface area contributed by atoms with Gasteiger partial charge in [-0.1, -0.05) is 0 Å². The largest absolute Gasteiger partial charge is 0.545 e. The van der Waals surface area contributed by atoms with Crippen molar-refractivity contribution in [2.75, 3.05) is 7.11 Å². The average Bonchev–Trinajstić information content (AvgIpc) is 2.60. The molecule has 0 unspecified atom stereocenters. The number of hydrogen-bond donors (Lipinski definition) is 1. The van der Waals surface area contributed by atoms with Crippen molar-refractivity contribution < 1.29 is 46.8 Å². The van der Waals surface area contributed by atoms with Crippen LogP contribution in [0.1, 0.15) is 20.7 Å². The fourth-order valence-corrected chi connectivity index (χ4v) is 1.78. The number of nitro groups is 2. The molecule has 162 valence electrons. The monoisotopic (exact) mass is 437 g/mol. The number of esters is 1. The van der Waals surface area contributed by atoms with E-state index in [1.165, 1.54) is 0 Å². The summed E-state index contributed by atoms with van der Waals surface area (Å²) in [6, 6.07) is 1.17. The normalized spacial score (nSPS) is 9.50. The zero-order chi connectivity index (χ0) is 22.5. The second-order valence-electron chi connectivity index (χ2n) is 4.86. The van der Waals surface area contributed by atoms with Crippen LogP contribution in [0.4, 0.5) is 28.9 Å². The molecule has 2 aromatic rings. The minimum absolute atomic E-state index is 0. The molecule has 4 N–H and O–H groups in total. The fraction of sp³-hybridized carbons (Fsp3) is 0.0667. The molecule has 0 aliphatic heterocycles. The molecule has 0 bridgehead atoms. The van der Waals surface area contributed by atoms with Gasteiger partial charge in [0.2, 0.25) is 11.6 Å². The Kier molecular flexibility index (Phi) is 8.98. The predicted molar refractivity (Wildman–Crippen MR) is 87.7 cm³/mol. The van der Waals surface area contributed by atoms with Gasteiger partial charge >= 0.3 is 17.3 Å². The zero-order valence-corrected chi connectivity index (χ0v) is 15.0. The van der Waals surface area contributed by atoms with Crippen LogP contribution in [0.5, 0.6) is 0 Å². The zero-order valence-electron chi connectivity index (χ0n) is 15.0. The first-order valence-electron chi connectivity index (χ1n) is 6.97. The summed E-state index contributed by atoms with van der Waals surface area (Å²) in [7, 11) is 0.983. The van der Waals surface area contributed by atoms with Crippen LogP contribution in [0, 0.1) is 43.5 Å². The summed E-state index contributed by atoms with van der Waals surface area (Å²) in [5, 5.41) is 30.6. The van der Waals surface area contributed by atoms with Gasteiger partial charge < -0.3 is 20.8 Å². The van der Waals surface area contributed by atoms with Crippen molar-refractivity contribution in [3.63, 3.8) is 0 Å². The van der Waals surface area contributed by atoms with Crippen molar-refractivity contribution in [2.24, 2.45) is 0 Å². The Bertz CT molecular complexity index is 981. The van der Waals surface area contributed by atoms with E-state index in [-0.39, 0.29) is 24.3 Å². The van der Waals surface area contributed by atoms with E-state index in [0.29, 0.717) is 6.07 Å². The minimum atomic E-state index is -1.94. The van der Waals surface area contributed by atoms with Crippen LogP contribution in [-0.4, -0.2) is 28.9 Å². The molecule has 30 heavy (non-hydrogen) atoms. The molecule has 0 fully saturated rings. The standard InChI is InChI=1S/C8H5F2NO4.C7H3F2NO4.H3N/c1-15-8(12)4-2-7(11(13)14)6(10)3-5(4)9;8-4-2-5(9)6(10(13)14)1-3(4)7(11)12;/h2-3H,1H3;1-2H,(H,11,12);1H3. The lowest BCUT2D eigenvalue weighted by atomic mass is 10.2. The molecule has 0 amide bonds. The van der Waals surface area contributed by atoms with E-state index in [4.69, 9.17) is 0 Å². The van der Waals surface area contributed by atoms with Gasteiger partial charge in [0.25, 0.3) is 0 Å². The first-order chi connectivity index (χ1) is 13.4. The van der Waals surface area contributed by atoms with Gasteiger partial charge in [0, 0.05) is 29.8 Å². The molecular formula is C15H11F4N3O8. The van der Waals surface area contributed by atoms with E-state index in [0.717, 1.165) is 7.11 Å². The van der Waals surface area contributed by atoms with Crippen molar-refractivity contribution in [1.82, 2.24) is 6.15 Å². The summed E-state index contributed by atoms with van der Waals surface area (Å²) in [6.45, 7) is 0. The number of carboxylic acids is 1. The third-order valence-electron chi connectivity index (χ3n) is 3.09. The molecule has 0 aliphatic carbocycles. The molecular weight excluding hydrogens is 426 g/mol. The first kappa shape index (κ1) is 25.9. The molecule has 2 aromatic carbocycles. The first-order valence-corrected chi connectivity index (χ1v) is 6.97. The van der Waals surface area contributed by atoms with Gasteiger partial charge in [-0.3, -0.25) is 20.2 Å². The van der Waals surface area contributed by atoms with Crippen molar-refractivity contribution >= 4 is 23.3 Å². The Hall–Kier alpha value is -4.14. The Morgan fingerprint density at radius 2 is 1.17 bits per heavy atom. The summed E-state index contributed by atoms with van der Waals surface area (Å²) >= 11 is 0. The van der Waals surface area contributed by atoms with Crippen molar-refractivity contribution in [3.8, 4) is 0 Å². The molecule has 0 spiro atoms. The third-order valence-corrected chi connectivity index (χ3v) is 3.09. The summed E-state index contributed by atoms with van der Waals surface area (Å²) in [6.07, 6.45) is 0. The molecule has 0 saturated heterocycles. The SMILES string of the molecule is COC(=O)c1cc([N+](=O)[O-])c(F)cc1F.O=C([O-])c1cc([N+](=O)[O-])c(F)cc1F.[NH4+]. The lowest BCUT2D eigenvalue weighted by Gasteiger charge is -2.03. The maximum atomic E-state index is 13.0. The molecule has 11 nitrogen and oxygen atoms in total. The lowest BCUT2D eigenvalue weighted by Crippen LogP contribution is -2.23. The number of carbonyl (C=O) groups excluding carboxylic acids is 2. The number of halogens is 4. The molecule has 0 atom stereocenters. The average molecular weight is 437 g/mol. The summed E-state index contributed by atoms with van der Waals surface area (Å²) < 4.78 is 55.3. The second-order valence-corrected chi connectivity index (χ2v) is 4.86. The Morgan fingerprint density at radius 3 is 1.50 bits per heavy atom. The number of methoxy groups -OCH3 is 1. The fourth-order valence-electron chi connectivity index (χ4n) is 1.78. The van der Waals surface area contributed by atoms with Gasteiger partial charge in [-0.15, -0.1) is 0 Å². The number of quaternary nitrogens is 1. The molecule has 0 radical (unpaired) electrons. The summed E-state index contributed by atoms with van der Waals surface area (Å²) in [5.74, 6) is -8.43. The highest BCUT2D eigenvalue weighted by molar-refractivity contribution is 5.90. The second kappa shape index (κ2) is 10.4. The van der Waals surface area contributed by atoms with Crippen LogP contribution in [0.2, 0.25) is 0 Å². The Balaban J connectivity index is 0.000000544. The highest BCUT2D eigenvalue weighted by Gasteiger charge is 2.22. The maximum absolute atomic E-state index is 13.0. The molecule has 2 rings (SSSR count). The number of carboxylic acid groups (broad SMARTS) is 1. The lowest BCUT2D eigenvalue weighted by molar-refractivity contribution is -0.387. The Morgan fingerprint density at radius 1 is 0.800 bits per heavy atom. The number of ether oxygens (including phenoxy) is 1. The number of rotatable bonds is 4. The number of hydrogen-bond acceptors (Lipinski definition) is 8. The maximum Gasteiger partial charge on any atom is 0.341 e. The highest BCUT2D eigenvalue weighted by atomic mass is 19.1. The predicted octanol–water partition coefficient (Wildman–Crippen LogP) is 2.27. The van der Waals surface area contributed by atoms with Crippen molar-refractivity contribution in [3.05, 3.63) is 78.9 Å². The van der Waals surface area contributed by atoms with Gasteiger partial charge in [0.05, 0.1) is 22.9 Å². The smallest absolute Gasteiger partial charge is 0.341 e.